The number of benzene rings is 2. The largest absolute Gasteiger partial charge is 0.341 e. The van der Waals surface area contributed by atoms with Gasteiger partial charge in [0.15, 0.2) is 5.16 Å². The molecule has 1 aliphatic rings. The van der Waals surface area contributed by atoms with Gasteiger partial charge in [0, 0.05) is 18.8 Å². The summed E-state index contributed by atoms with van der Waals surface area (Å²) >= 11 is 1.37. The summed E-state index contributed by atoms with van der Waals surface area (Å²) < 4.78 is 1.95. The van der Waals surface area contributed by atoms with Crippen molar-refractivity contribution < 1.29 is 9.59 Å². The Morgan fingerprint density at radius 3 is 2.52 bits per heavy atom. The molecule has 1 N–H and O–H groups in total. The van der Waals surface area contributed by atoms with Crippen molar-refractivity contribution in [2.24, 2.45) is 11.8 Å². The fourth-order valence-corrected chi connectivity index (χ4v) is 5.38. The second-order valence-electron chi connectivity index (χ2n) is 9.35. The van der Waals surface area contributed by atoms with E-state index in [-0.39, 0.29) is 24.1 Å². The summed E-state index contributed by atoms with van der Waals surface area (Å²) in [7, 11) is 0. The molecule has 2 atom stereocenters. The number of fused-ring (bicyclic) bond motifs is 1. The Kier molecular flexibility index (Phi) is 7.08. The predicted octanol–water partition coefficient (Wildman–Crippen LogP) is 4.89. The summed E-state index contributed by atoms with van der Waals surface area (Å²) in [6, 6.07) is 13.7. The summed E-state index contributed by atoms with van der Waals surface area (Å²) in [4.78, 5) is 32.5. The van der Waals surface area contributed by atoms with Crippen LogP contribution in [0.4, 0.5) is 5.69 Å². The van der Waals surface area contributed by atoms with E-state index in [2.05, 4.69) is 19.2 Å². The molecule has 33 heavy (non-hydrogen) atoms. The molecule has 1 fully saturated rings. The minimum Gasteiger partial charge on any atom is -0.341 e. The number of imidazole rings is 1. The fraction of sp³-hybridized carbons (Fsp3) is 0.423. The molecule has 2 heterocycles. The molecule has 0 bridgehead atoms. The maximum Gasteiger partial charge on any atom is 0.242 e. The monoisotopic (exact) mass is 464 g/mol. The van der Waals surface area contributed by atoms with Crippen LogP contribution in [0.15, 0.2) is 47.6 Å². The molecule has 174 valence electrons. The van der Waals surface area contributed by atoms with E-state index in [1.807, 2.05) is 65.8 Å². The van der Waals surface area contributed by atoms with E-state index in [1.54, 1.807) is 0 Å². The van der Waals surface area contributed by atoms with Crippen LogP contribution in [0.25, 0.3) is 11.0 Å². The molecule has 1 aromatic heterocycles. The topological polar surface area (TPSA) is 67.2 Å². The van der Waals surface area contributed by atoms with Crippen LogP contribution < -0.4 is 5.32 Å². The number of carbonyl (C=O) groups is 2. The van der Waals surface area contributed by atoms with Crippen LogP contribution in [0, 0.1) is 25.7 Å². The number of piperidine rings is 1. The van der Waals surface area contributed by atoms with Gasteiger partial charge in [-0.3, -0.25) is 9.59 Å². The van der Waals surface area contributed by atoms with Crippen molar-refractivity contribution in [3.05, 3.63) is 53.6 Å². The highest BCUT2D eigenvalue weighted by atomic mass is 32.2. The molecule has 2 aromatic carbocycles. The van der Waals surface area contributed by atoms with E-state index in [0.29, 0.717) is 17.0 Å². The molecule has 7 heteroatoms. The first-order chi connectivity index (χ1) is 15.8. The van der Waals surface area contributed by atoms with Crippen LogP contribution in [-0.4, -0.2) is 45.1 Å². The lowest BCUT2D eigenvalue weighted by atomic mass is 9.92. The molecule has 3 aromatic rings. The molecular formula is C26H32N4O2S. The third kappa shape index (κ3) is 5.58. The zero-order valence-electron chi connectivity index (χ0n) is 19.8. The SMILES string of the molecule is Cc1ccc(NC(=O)CSc2nc3ccccc3n2CC(=O)N2C[C@H](C)C[C@@H](C)C2)cc1C. The van der Waals surface area contributed by atoms with Gasteiger partial charge >= 0.3 is 0 Å². The maximum atomic E-state index is 13.2. The highest BCUT2D eigenvalue weighted by Crippen LogP contribution is 2.26. The number of anilines is 1. The molecule has 0 saturated carbocycles. The molecule has 0 aliphatic carbocycles. The molecule has 0 radical (unpaired) electrons. The summed E-state index contributed by atoms with van der Waals surface area (Å²) in [5.41, 5.74) is 4.88. The van der Waals surface area contributed by atoms with Gasteiger partial charge in [-0.25, -0.2) is 4.98 Å². The summed E-state index contributed by atoms with van der Waals surface area (Å²) in [6.07, 6.45) is 1.16. The predicted molar refractivity (Wildman–Crippen MR) is 135 cm³/mol. The first-order valence-corrected chi connectivity index (χ1v) is 12.5. The first kappa shape index (κ1) is 23.4. The van der Waals surface area contributed by atoms with Gasteiger partial charge in [0.05, 0.1) is 16.8 Å². The van der Waals surface area contributed by atoms with Crippen molar-refractivity contribution in [2.45, 2.75) is 45.8 Å². The molecule has 1 aliphatic heterocycles. The van der Waals surface area contributed by atoms with Crippen molar-refractivity contribution in [1.82, 2.24) is 14.5 Å². The van der Waals surface area contributed by atoms with Crippen LogP contribution in [0.3, 0.4) is 0 Å². The number of nitrogens with zero attached hydrogens (tertiary/aromatic N) is 3. The fourth-order valence-electron chi connectivity index (χ4n) is 4.56. The number of aryl methyl sites for hydroxylation is 2. The van der Waals surface area contributed by atoms with E-state index in [1.165, 1.54) is 17.3 Å². The number of thioether (sulfide) groups is 1. The smallest absolute Gasteiger partial charge is 0.242 e. The molecule has 1 saturated heterocycles. The standard InChI is InChI=1S/C26H32N4O2S/c1-17-11-18(2)14-29(13-17)25(32)15-30-23-8-6-5-7-22(23)28-26(30)33-16-24(31)27-21-10-9-19(3)20(4)12-21/h5-10,12,17-18H,11,13-16H2,1-4H3,(H,27,31)/t17-,18-/m1/s1. The Morgan fingerprint density at radius 1 is 1.06 bits per heavy atom. The number of hydrogen-bond acceptors (Lipinski definition) is 4. The highest BCUT2D eigenvalue weighted by molar-refractivity contribution is 7.99. The van der Waals surface area contributed by atoms with Crippen LogP contribution >= 0.6 is 11.8 Å². The van der Waals surface area contributed by atoms with E-state index in [0.717, 1.165) is 41.8 Å². The summed E-state index contributed by atoms with van der Waals surface area (Å²) in [5.74, 6) is 1.27. The molecule has 0 spiro atoms. The minimum atomic E-state index is -0.0909. The average molecular weight is 465 g/mol. The normalized spacial score (nSPS) is 18.5. The number of nitrogens with one attached hydrogen (secondary N) is 1. The molecule has 0 unspecified atom stereocenters. The average Bonchev–Trinajstić information content (AvgIpc) is 3.11. The van der Waals surface area contributed by atoms with Crippen molar-refractivity contribution in [3.8, 4) is 0 Å². The third-order valence-electron chi connectivity index (χ3n) is 6.26. The van der Waals surface area contributed by atoms with Gasteiger partial charge < -0.3 is 14.8 Å². The van der Waals surface area contributed by atoms with Crippen LogP contribution in [0.1, 0.15) is 31.4 Å². The van der Waals surface area contributed by atoms with Crippen LogP contribution in [-0.2, 0) is 16.1 Å². The van der Waals surface area contributed by atoms with E-state index in [4.69, 9.17) is 4.98 Å². The quantitative estimate of drug-likeness (QED) is 0.528. The summed E-state index contributed by atoms with van der Waals surface area (Å²) in [5, 5.41) is 3.66. The van der Waals surface area contributed by atoms with Crippen LogP contribution in [0.2, 0.25) is 0 Å². The van der Waals surface area contributed by atoms with E-state index in [9.17, 15) is 9.59 Å². The van der Waals surface area contributed by atoms with Gasteiger partial charge in [0.2, 0.25) is 11.8 Å². The second-order valence-corrected chi connectivity index (χ2v) is 10.3. The number of likely N-dealkylation sites (tertiary alicyclic amines) is 1. The van der Waals surface area contributed by atoms with Crippen molar-refractivity contribution in [3.63, 3.8) is 0 Å². The molecule has 6 nitrogen and oxygen atoms in total. The molecule has 2 amide bonds. The van der Waals surface area contributed by atoms with Crippen molar-refractivity contribution >= 4 is 40.3 Å². The van der Waals surface area contributed by atoms with Gasteiger partial charge in [-0.05, 0) is 67.5 Å². The lowest BCUT2D eigenvalue weighted by Crippen LogP contribution is -2.44. The van der Waals surface area contributed by atoms with E-state index < -0.39 is 0 Å². The Balaban J connectivity index is 1.48. The van der Waals surface area contributed by atoms with Gasteiger partial charge in [0.25, 0.3) is 0 Å². The zero-order valence-corrected chi connectivity index (χ0v) is 20.6. The Morgan fingerprint density at radius 2 is 1.79 bits per heavy atom. The Hall–Kier alpha value is -2.80. The molecular weight excluding hydrogens is 432 g/mol. The Labute approximate surface area is 199 Å². The number of hydrogen-bond donors (Lipinski definition) is 1. The van der Waals surface area contributed by atoms with Crippen molar-refractivity contribution in [2.75, 3.05) is 24.2 Å². The van der Waals surface area contributed by atoms with E-state index >= 15 is 0 Å². The van der Waals surface area contributed by atoms with Crippen molar-refractivity contribution in [1.29, 1.82) is 0 Å². The molecule has 4 rings (SSSR count). The van der Waals surface area contributed by atoms with Gasteiger partial charge in [-0.2, -0.15) is 0 Å². The number of carbonyl (C=O) groups excluding carboxylic acids is 2. The number of aromatic nitrogens is 2. The van der Waals surface area contributed by atoms with Gasteiger partial charge in [0.1, 0.15) is 6.54 Å². The Bertz CT molecular complexity index is 1160. The summed E-state index contributed by atoms with van der Waals surface area (Å²) in [6.45, 7) is 10.3. The number of amides is 2. The minimum absolute atomic E-state index is 0.0909. The first-order valence-electron chi connectivity index (χ1n) is 11.5. The highest BCUT2D eigenvalue weighted by Gasteiger charge is 2.26. The van der Waals surface area contributed by atoms with Crippen LogP contribution in [0.5, 0.6) is 0 Å². The lowest BCUT2D eigenvalue weighted by Gasteiger charge is -2.35. The lowest BCUT2D eigenvalue weighted by molar-refractivity contribution is -0.134. The maximum absolute atomic E-state index is 13.2. The zero-order chi connectivity index (χ0) is 23.5. The second kappa shape index (κ2) is 10.00. The van der Waals surface area contributed by atoms with Gasteiger partial charge in [-0.1, -0.05) is 43.8 Å². The third-order valence-corrected chi connectivity index (χ3v) is 7.23. The number of para-hydroxylation sites is 2. The number of rotatable bonds is 6. The van der Waals surface area contributed by atoms with Gasteiger partial charge in [-0.15, -0.1) is 0 Å².